The molecule has 0 aliphatic heterocycles. The van der Waals surface area contributed by atoms with Gasteiger partial charge in [-0.05, 0) is 56.5 Å². The number of rotatable bonds is 2. The SMILES string of the molecule is Cc1cc(-c2cc(C)c(C)cc2C)nc(CC#N)n1. The molecule has 1 heterocycles. The molecule has 1 aromatic heterocycles. The van der Waals surface area contributed by atoms with Gasteiger partial charge in [-0.15, -0.1) is 0 Å². The number of hydrogen-bond acceptors (Lipinski definition) is 3. The van der Waals surface area contributed by atoms with E-state index in [0.717, 1.165) is 17.0 Å². The van der Waals surface area contributed by atoms with Crippen molar-refractivity contribution in [2.75, 3.05) is 0 Å². The van der Waals surface area contributed by atoms with Crippen molar-refractivity contribution in [1.82, 2.24) is 9.97 Å². The molecule has 0 radical (unpaired) electrons. The average molecular weight is 251 g/mol. The molecule has 0 spiro atoms. The minimum atomic E-state index is 0.249. The van der Waals surface area contributed by atoms with Gasteiger partial charge in [0.1, 0.15) is 5.82 Å². The molecule has 0 bridgehead atoms. The number of aryl methyl sites for hydroxylation is 4. The zero-order valence-corrected chi connectivity index (χ0v) is 11.8. The van der Waals surface area contributed by atoms with Crippen molar-refractivity contribution >= 4 is 0 Å². The number of hydrogen-bond donors (Lipinski definition) is 0. The predicted molar refractivity (Wildman–Crippen MR) is 75.7 cm³/mol. The van der Waals surface area contributed by atoms with Crippen LogP contribution in [0.15, 0.2) is 18.2 Å². The summed E-state index contributed by atoms with van der Waals surface area (Å²) in [6.45, 7) is 8.23. The highest BCUT2D eigenvalue weighted by atomic mass is 14.9. The minimum absolute atomic E-state index is 0.249. The highest BCUT2D eigenvalue weighted by Gasteiger charge is 2.08. The Hall–Kier alpha value is -2.21. The lowest BCUT2D eigenvalue weighted by atomic mass is 9.98. The van der Waals surface area contributed by atoms with E-state index in [0.29, 0.717) is 5.82 Å². The summed E-state index contributed by atoms with van der Waals surface area (Å²) in [7, 11) is 0. The van der Waals surface area contributed by atoms with Crippen molar-refractivity contribution < 1.29 is 0 Å². The smallest absolute Gasteiger partial charge is 0.143 e. The Morgan fingerprint density at radius 1 is 0.947 bits per heavy atom. The van der Waals surface area contributed by atoms with Crippen LogP contribution in [0.4, 0.5) is 0 Å². The number of aromatic nitrogens is 2. The van der Waals surface area contributed by atoms with Crippen molar-refractivity contribution in [3.05, 3.63) is 46.4 Å². The molecule has 0 unspecified atom stereocenters. The largest absolute Gasteiger partial charge is 0.237 e. The van der Waals surface area contributed by atoms with Gasteiger partial charge in [0.15, 0.2) is 0 Å². The van der Waals surface area contributed by atoms with Crippen LogP contribution in [0, 0.1) is 39.0 Å². The van der Waals surface area contributed by atoms with Crippen LogP contribution in [0.25, 0.3) is 11.3 Å². The first kappa shape index (κ1) is 13.2. The molecule has 0 aliphatic rings. The first-order chi connectivity index (χ1) is 9.01. The van der Waals surface area contributed by atoms with E-state index < -0.39 is 0 Å². The summed E-state index contributed by atoms with van der Waals surface area (Å²) in [5, 5.41) is 8.78. The maximum absolute atomic E-state index is 8.78. The Morgan fingerprint density at radius 3 is 2.32 bits per heavy atom. The normalized spacial score (nSPS) is 10.3. The summed E-state index contributed by atoms with van der Waals surface area (Å²) in [6, 6.07) is 8.40. The molecule has 3 nitrogen and oxygen atoms in total. The Morgan fingerprint density at radius 2 is 1.63 bits per heavy atom. The Kier molecular flexibility index (Phi) is 3.62. The second-order valence-electron chi connectivity index (χ2n) is 4.90. The second-order valence-corrected chi connectivity index (χ2v) is 4.90. The lowest BCUT2D eigenvalue weighted by molar-refractivity contribution is 0.968. The van der Waals surface area contributed by atoms with Crippen LogP contribution in [0.1, 0.15) is 28.2 Å². The van der Waals surface area contributed by atoms with E-state index in [2.05, 4.69) is 48.9 Å². The fraction of sp³-hybridized carbons (Fsp3) is 0.312. The quantitative estimate of drug-likeness (QED) is 0.821. The Labute approximate surface area is 114 Å². The van der Waals surface area contributed by atoms with Crippen LogP contribution < -0.4 is 0 Å². The number of nitriles is 1. The van der Waals surface area contributed by atoms with E-state index in [4.69, 9.17) is 5.26 Å². The average Bonchev–Trinajstić information content (AvgIpc) is 2.33. The summed E-state index contributed by atoms with van der Waals surface area (Å²) < 4.78 is 0. The molecule has 19 heavy (non-hydrogen) atoms. The van der Waals surface area contributed by atoms with E-state index >= 15 is 0 Å². The molecule has 96 valence electrons. The molecule has 0 aliphatic carbocycles. The Bertz CT molecular complexity index is 666. The summed E-state index contributed by atoms with van der Waals surface area (Å²) in [4.78, 5) is 8.78. The fourth-order valence-electron chi connectivity index (χ4n) is 2.15. The van der Waals surface area contributed by atoms with Crippen molar-refractivity contribution in [1.29, 1.82) is 5.26 Å². The summed E-state index contributed by atoms with van der Waals surface area (Å²) in [5.74, 6) is 0.593. The molecule has 0 saturated heterocycles. The first-order valence-corrected chi connectivity index (χ1v) is 6.31. The van der Waals surface area contributed by atoms with Gasteiger partial charge in [-0.25, -0.2) is 9.97 Å². The van der Waals surface area contributed by atoms with Gasteiger partial charge in [0.2, 0.25) is 0 Å². The van der Waals surface area contributed by atoms with Crippen LogP contribution in [-0.4, -0.2) is 9.97 Å². The lowest BCUT2D eigenvalue weighted by Crippen LogP contribution is -1.99. The zero-order chi connectivity index (χ0) is 14.0. The fourth-order valence-corrected chi connectivity index (χ4v) is 2.15. The van der Waals surface area contributed by atoms with Crippen LogP contribution in [0.2, 0.25) is 0 Å². The van der Waals surface area contributed by atoms with E-state index in [1.165, 1.54) is 16.7 Å². The van der Waals surface area contributed by atoms with Gasteiger partial charge < -0.3 is 0 Å². The predicted octanol–water partition coefficient (Wildman–Crippen LogP) is 3.44. The summed E-state index contributed by atoms with van der Waals surface area (Å²) in [5.41, 5.74) is 6.64. The highest BCUT2D eigenvalue weighted by molar-refractivity contribution is 5.65. The van der Waals surface area contributed by atoms with E-state index in [-0.39, 0.29) is 6.42 Å². The van der Waals surface area contributed by atoms with Gasteiger partial charge in [-0.2, -0.15) is 5.26 Å². The van der Waals surface area contributed by atoms with Gasteiger partial charge in [0, 0.05) is 11.3 Å². The van der Waals surface area contributed by atoms with Crippen molar-refractivity contribution in [3.63, 3.8) is 0 Å². The molecular formula is C16H17N3. The Balaban J connectivity index is 2.59. The molecule has 0 saturated carbocycles. The van der Waals surface area contributed by atoms with Gasteiger partial charge in [-0.3, -0.25) is 0 Å². The summed E-state index contributed by atoms with van der Waals surface area (Å²) >= 11 is 0. The second kappa shape index (κ2) is 5.19. The number of benzene rings is 1. The third kappa shape index (κ3) is 2.79. The van der Waals surface area contributed by atoms with Crippen LogP contribution in [0.3, 0.4) is 0 Å². The maximum Gasteiger partial charge on any atom is 0.143 e. The lowest BCUT2D eigenvalue weighted by Gasteiger charge is -2.10. The standard InChI is InChI=1S/C16H17N3/c1-10-7-12(3)14(8-11(10)2)15-9-13(4)18-16(19-15)5-6-17/h7-9H,5H2,1-4H3. The van der Waals surface area contributed by atoms with Gasteiger partial charge in [-0.1, -0.05) is 6.07 Å². The van der Waals surface area contributed by atoms with E-state index in [1.54, 1.807) is 0 Å². The monoisotopic (exact) mass is 251 g/mol. The molecule has 1 aromatic carbocycles. The van der Waals surface area contributed by atoms with Gasteiger partial charge in [0.05, 0.1) is 18.2 Å². The first-order valence-electron chi connectivity index (χ1n) is 6.31. The van der Waals surface area contributed by atoms with Crippen molar-refractivity contribution in [2.24, 2.45) is 0 Å². The maximum atomic E-state index is 8.78. The zero-order valence-electron chi connectivity index (χ0n) is 11.8. The van der Waals surface area contributed by atoms with Crippen LogP contribution in [0.5, 0.6) is 0 Å². The minimum Gasteiger partial charge on any atom is -0.237 e. The molecule has 3 heteroatoms. The molecule has 2 aromatic rings. The van der Waals surface area contributed by atoms with Crippen LogP contribution >= 0.6 is 0 Å². The highest BCUT2D eigenvalue weighted by Crippen LogP contribution is 2.25. The summed E-state index contributed by atoms with van der Waals surface area (Å²) in [6.07, 6.45) is 0.249. The molecule has 0 fully saturated rings. The van der Waals surface area contributed by atoms with Crippen molar-refractivity contribution in [3.8, 4) is 17.3 Å². The topological polar surface area (TPSA) is 49.6 Å². The van der Waals surface area contributed by atoms with Crippen LogP contribution in [-0.2, 0) is 6.42 Å². The third-order valence-corrected chi connectivity index (χ3v) is 3.25. The van der Waals surface area contributed by atoms with E-state index in [1.807, 2.05) is 13.0 Å². The third-order valence-electron chi connectivity index (χ3n) is 3.25. The van der Waals surface area contributed by atoms with Gasteiger partial charge >= 0.3 is 0 Å². The molecule has 2 rings (SSSR count). The molecular weight excluding hydrogens is 234 g/mol. The molecule has 0 amide bonds. The van der Waals surface area contributed by atoms with Crippen molar-refractivity contribution in [2.45, 2.75) is 34.1 Å². The van der Waals surface area contributed by atoms with Gasteiger partial charge in [0.25, 0.3) is 0 Å². The molecule has 0 atom stereocenters. The number of nitrogens with zero attached hydrogens (tertiary/aromatic N) is 3. The molecule has 0 N–H and O–H groups in total. The van der Waals surface area contributed by atoms with E-state index in [9.17, 15) is 0 Å².